The fourth-order valence-electron chi connectivity index (χ4n) is 1.44. The number of rotatable bonds is 2. The zero-order valence-electron chi connectivity index (χ0n) is 8.38. The van der Waals surface area contributed by atoms with Crippen molar-refractivity contribution in [2.24, 2.45) is 0 Å². The Balaban J connectivity index is 2.58. The lowest BCUT2D eigenvalue weighted by Crippen LogP contribution is -2.01. The van der Waals surface area contributed by atoms with Crippen LogP contribution in [0.15, 0.2) is 25.0 Å². The quantitative estimate of drug-likeness (QED) is 0.786. The third-order valence-corrected chi connectivity index (χ3v) is 2.17. The molecule has 5 heteroatoms. The van der Waals surface area contributed by atoms with Gasteiger partial charge in [0, 0.05) is 23.5 Å². The summed E-state index contributed by atoms with van der Waals surface area (Å²) in [7, 11) is 0. The van der Waals surface area contributed by atoms with Crippen molar-refractivity contribution in [1.29, 1.82) is 0 Å². The molecular formula is C10H11N5. The van der Waals surface area contributed by atoms with Gasteiger partial charge in [-0.15, -0.1) is 0 Å². The first-order valence-corrected chi connectivity index (χ1v) is 4.67. The summed E-state index contributed by atoms with van der Waals surface area (Å²) in [5.41, 5.74) is 8.39. The molecular weight excluding hydrogens is 190 g/mol. The smallest absolute Gasteiger partial charge is 0.130 e. The minimum Gasteiger partial charge on any atom is -0.383 e. The molecule has 76 valence electrons. The second-order valence-corrected chi connectivity index (χ2v) is 3.07. The molecule has 2 heterocycles. The predicted molar refractivity (Wildman–Crippen MR) is 56.8 cm³/mol. The van der Waals surface area contributed by atoms with Gasteiger partial charge in [0.1, 0.15) is 18.5 Å². The molecule has 0 saturated heterocycles. The number of hydrogen-bond acceptors (Lipinski definition) is 5. The molecule has 2 rings (SSSR count). The first kappa shape index (κ1) is 9.51. The molecule has 0 amide bonds. The van der Waals surface area contributed by atoms with Crippen LogP contribution in [0.1, 0.15) is 12.5 Å². The van der Waals surface area contributed by atoms with Gasteiger partial charge >= 0.3 is 0 Å². The van der Waals surface area contributed by atoms with Crippen molar-refractivity contribution in [1.82, 2.24) is 19.9 Å². The Hall–Kier alpha value is -2.04. The molecule has 5 nitrogen and oxygen atoms in total. The molecule has 0 spiro atoms. The lowest BCUT2D eigenvalue weighted by Gasteiger charge is -2.07. The van der Waals surface area contributed by atoms with Crippen molar-refractivity contribution in [2.75, 3.05) is 5.73 Å². The van der Waals surface area contributed by atoms with Gasteiger partial charge < -0.3 is 5.73 Å². The van der Waals surface area contributed by atoms with E-state index in [9.17, 15) is 0 Å². The summed E-state index contributed by atoms with van der Waals surface area (Å²) in [6.07, 6.45) is 7.16. The van der Waals surface area contributed by atoms with E-state index in [4.69, 9.17) is 5.73 Å². The van der Waals surface area contributed by atoms with E-state index in [1.54, 1.807) is 12.4 Å². The molecule has 0 unspecified atom stereocenters. The van der Waals surface area contributed by atoms with Crippen molar-refractivity contribution < 1.29 is 0 Å². The number of hydrogen-bond donors (Lipinski definition) is 1. The van der Waals surface area contributed by atoms with E-state index in [-0.39, 0.29) is 0 Å². The Kier molecular flexibility index (Phi) is 2.53. The first-order valence-electron chi connectivity index (χ1n) is 4.67. The fourth-order valence-corrected chi connectivity index (χ4v) is 1.44. The summed E-state index contributed by atoms with van der Waals surface area (Å²) in [5, 5.41) is 0. The van der Waals surface area contributed by atoms with Gasteiger partial charge in [-0.3, -0.25) is 0 Å². The SMILES string of the molecule is CCc1c(N)ncnc1-c1cncnc1. The second-order valence-electron chi connectivity index (χ2n) is 3.07. The molecule has 0 aliphatic rings. The third kappa shape index (κ3) is 1.76. The lowest BCUT2D eigenvalue weighted by molar-refractivity contribution is 1.05. The van der Waals surface area contributed by atoms with Gasteiger partial charge in [-0.1, -0.05) is 6.92 Å². The highest BCUT2D eigenvalue weighted by molar-refractivity contribution is 5.65. The van der Waals surface area contributed by atoms with Gasteiger partial charge in [0.15, 0.2) is 0 Å². The molecule has 0 fully saturated rings. The van der Waals surface area contributed by atoms with Gasteiger partial charge in [-0.2, -0.15) is 0 Å². The van der Waals surface area contributed by atoms with Crippen LogP contribution in [0.4, 0.5) is 5.82 Å². The summed E-state index contributed by atoms with van der Waals surface area (Å²) >= 11 is 0. The predicted octanol–water partition coefficient (Wildman–Crippen LogP) is 1.08. The van der Waals surface area contributed by atoms with Crippen LogP contribution in [0, 0.1) is 0 Å². The Morgan fingerprint density at radius 3 is 2.53 bits per heavy atom. The van der Waals surface area contributed by atoms with Crippen molar-refractivity contribution in [3.8, 4) is 11.3 Å². The number of anilines is 1. The van der Waals surface area contributed by atoms with Crippen LogP contribution in [-0.4, -0.2) is 19.9 Å². The van der Waals surface area contributed by atoms with Crippen LogP contribution in [0.5, 0.6) is 0 Å². The minimum absolute atomic E-state index is 0.520. The molecule has 0 aromatic carbocycles. The highest BCUT2D eigenvalue weighted by atomic mass is 14.9. The zero-order valence-corrected chi connectivity index (χ0v) is 8.38. The van der Waals surface area contributed by atoms with Gasteiger partial charge in [0.05, 0.1) is 5.69 Å². The van der Waals surface area contributed by atoms with E-state index < -0.39 is 0 Å². The second kappa shape index (κ2) is 4.00. The molecule has 0 atom stereocenters. The van der Waals surface area contributed by atoms with E-state index in [1.807, 2.05) is 6.92 Å². The molecule has 2 aromatic rings. The highest BCUT2D eigenvalue weighted by Crippen LogP contribution is 2.22. The fraction of sp³-hybridized carbons (Fsp3) is 0.200. The number of nitrogen functional groups attached to an aromatic ring is 1. The Morgan fingerprint density at radius 1 is 1.13 bits per heavy atom. The molecule has 2 aromatic heterocycles. The van der Waals surface area contributed by atoms with Gasteiger partial charge in [0.25, 0.3) is 0 Å². The standard InChI is InChI=1S/C10H11N5/c1-2-8-9(14-6-15-10(8)11)7-3-12-5-13-4-7/h3-6H,2H2,1H3,(H2,11,14,15). The topological polar surface area (TPSA) is 77.6 Å². The van der Waals surface area contributed by atoms with Gasteiger partial charge in [-0.05, 0) is 6.42 Å². The summed E-state index contributed by atoms with van der Waals surface area (Å²) in [6.45, 7) is 2.02. The van der Waals surface area contributed by atoms with Crippen LogP contribution >= 0.6 is 0 Å². The Bertz CT molecular complexity index is 455. The molecule has 2 N–H and O–H groups in total. The summed E-state index contributed by atoms with van der Waals surface area (Å²) < 4.78 is 0. The average Bonchev–Trinajstić information content (AvgIpc) is 2.30. The number of nitrogens with zero attached hydrogens (tertiary/aromatic N) is 4. The maximum atomic E-state index is 5.78. The Labute approximate surface area is 87.4 Å². The van der Waals surface area contributed by atoms with Crippen LogP contribution in [0.25, 0.3) is 11.3 Å². The van der Waals surface area contributed by atoms with Gasteiger partial charge in [-0.25, -0.2) is 19.9 Å². The number of aromatic nitrogens is 4. The van der Waals surface area contributed by atoms with Crippen LogP contribution in [0.2, 0.25) is 0 Å². The van der Waals surface area contributed by atoms with Crippen LogP contribution in [-0.2, 0) is 6.42 Å². The van der Waals surface area contributed by atoms with E-state index in [0.717, 1.165) is 23.2 Å². The molecule has 0 aliphatic heterocycles. The van der Waals surface area contributed by atoms with Gasteiger partial charge in [0.2, 0.25) is 0 Å². The van der Waals surface area contributed by atoms with E-state index in [2.05, 4.69) is 19.9 Å². The zero-order chi connectivity index (χ0) is 10.7. The monoisotopic (exact) mass is 201 g/mol. The molecule has 0 radical (unpaired) electrons. The van der Waals surface area contributed by atoms with Crippen molar-refractivity contribution >= 4 is 5.82 Å². The molecule has 15 heavy (non-hydrogen) atoms. The molecule has 0 aliphatic carbocycles. The number of nitrogens with two attached hydrogens (primary N) is 1. The van der Waals surface area contributed by atoms with Crippen LogP contribution in [0.3, 0.4) is 0 Å². The minimum atomic E-state index is 0.520. The van der Waals surface area contributed by atoms with Crippen molar-refractivity contribution in [3.63, 3.8) is 0 Å². The van der Waals surface area contributed by atoms with Crippen LogP contribution < -0.4 is 5.73 Å². The summed E-state index contributed by atoms with van der Waals surface area (Å²) in [4.78, 5) is 16.1. The van der Waals surface area contributed by atoms with E-state index >= 15 is 0 Å². The maximum Gasteiger partial charge on any atom is 0.130 e. The maximum absolute atomic E-state index is 5.78. The molecule has 0 saturated carbocycles. The summed E-state index contributed by atoms with van der Waals surface area (Å²) in [5.74, 6) is 0.520. The largest absolute Gasteiger partial charge is 0.383 e. The third-order valence-electron chi connectivity index (χ3n) is 2.17. The Morgan fingerprint density at radius 2 is 1.87 bits per heavy atom. The first-order chi connectivity index (χ1) is 7.33. The average molecular weight is 201 g/mol. The van der Waals surface area contributed by atoms with E-state index in [0.29, 0.717) is 5.82 Å². The highest BCUT2D eigenvalue weighted by Gasteiger charge is 2.09. The van der Waals surface area contributed by atoms with Crippen molar-refractivity contribution in [2.45, 2.75) is 13.3 Å². The lowest BCUT2D eigenvalue weighted by atomic mass is 10.1. The molecule has 0 bridgehead atoms. The van der Waals surface area contributed by atoms with Crippen molar-refractivity contribution in [3.05, 3.63) is 30.6 Å². The normalized spacial score (nSPS) is 10.2. The summed E-state index contributed by atoms with van der Waals surface area (Å²) in [6, 6.07) is 0. The van der Waals surface area contributed by atoms with E-state index in [1.165, 1.54) is 12.7 Å².